The number of hydrogen-bond donors (Lipinski definition) is 2. The van der Waals surface area contributed by atoms with Crippen molar-refractivity contribution >= 4 is 40.8 Å². The molecule has 0 aromatic heterocycles. The van der Waals surface area contributed by atoms with Gasteiger partial charge in [-0.1, -0.05) is 13.8 Å². The van der Waals surface area contributed by atoms with E-state index in [1.54, 1.807) is 13.8 Å². The Bertz CT molecular complexity index is 578. The number of amides is 2. The maximum Gasteiger partial charge on any atom is 0.417 e. The molecule has 0 aliphatic carbocycles. The van der Waals surface area contributed by atoms with E-state index in [9.17, 15) is 24.0 Å². The van der Waals surface area contributed by atoms with Gasteiger partial charge in [-0.25, -0.2) is 14.4 Å². The Labute approximate surface area is 154 Å². The molecule has 0 aromatic rings. The highest BCUT2D eigenvalue weighted by molar-refractivity contribution is 8.13. The van der Waals surface area contributed by atoms with Gasteiger partial charge in [0.2, 0.25) is 5.91 Å². The van der Waals surface area contributed by atoms with Crippen molar-refractivity contribution in [1.82, 2.24) is 10.6 Å². The van der Waals surface area contributed by atoms with Gasteiger partial charge in [-0.3, -0.25) is 9.59 Å². The summed E-state index contributed by atoms with van der Waals surface area (Å²) < 4.78 is 14.3. The number of hydrogen-bond acceptors (Lipinski definition) is 9. The minimum Gasteiger partial charge on any atom is -0.461 e. The van der Waals surface area contributed by atoms with Gasteiger partial charge in [-0.2, -0.15) is 0 Å². The molecule has 1 rings (SSSR count). The topological polar surface area (TPSA) is 137 Å². The molecular formula is C15H22N2O8S. The lowest BCUT2D eigenvalue weighted by Crippen LogP contribution is -2.49. The van der Waals surface area contributed by atoms with Crippen LogP contribution in [0.15, 0.2) is 0 Å². The van der Waals surface area contributed by atoms with Crippen LogP contribution in [0.25, 0.3) is 0 Å². The molecule has 1 saturated heterocycles. The molecule has 146 valence electrons. The van der Waals surface area contributed by atoms with Gasteiger partial charge in [0.1, 0.15) is 6.61 Å². The number of carbonyl (C=O) groups excluding carboxylic acids is 5. The molecular weight excluding hydrogens is 368 g/mol. The van der Waals surface area contributed by atoms with Crippen molar-refractivity contribution in [3.8, 4) is 0 Å². The van der Waals surface area contributed by atoms with Crippen LogP contribution >= 0.6 is 11.8 Å². The number of ether oxygens (including phenoxy) is 3. The van der Waals surface area contributed by atoms with Gasteiger partial charge in [0, 0.05) is 30.7 Å². The molecule has 26 heavy (non-hydrogen) atoms. The van der Waals surface area contributed by atoms with Crippen LogP contribution in [0.5, 0.6) is 0 Å². The van der Waals surface area contributed by atoms with Crippen molar-refractivity contribution in [2.24, 2.45) is 5.41 Å². The molecule has 1 atom stereocenters. The lowest BCUT2D eigenvalue weighted by atomic mass is 9.86. The van der Waals surface area contributed by atoms with E-state index in [-0.39, 0.29) is 37.8 Å². The van der Waals surface area contributed by atoms with Crippen molar-refractivity contribution in [1.29, 1.82) is 0 Å². The van der Waals surface area contributed by atoms with E-state index in [1.807, 2.05) is 0 Å². The third-order valence-electron chi connectivity index (χ3n) is 3.38. The van der Waals surface area contributed by atoms with E-state index < -0.39 is 34.7 Å². The first-order chi connectivity index (χ1) is 12.2. The Hall–Kier alpha value is -2.30. The standard InChI is InChI=1S/C15H22N2O8S/c1-15(2,8-24-13(21)12(20)23-3)10-11(19)17-5-4-9(18)16-6-7-26-14(22)25-10/h10H,4-8H2,1-3H3,(H,16,18)(H,17,19)/t10-/m0/s1. The molecule has 11 heteroatoms. The normalized spacial score (nSPS) is 19.8. The quantitative estimate of drug-likeness (QED) is 0.375. The fourth-order valence-corrected chi connectivity index (χ4v) is 2.51. The third-order valence-corrected chi connectivity index (χ3v) is 4.12. The number of nitrogens with one attached hydrogen (secondary N) is 2. The maximum atomic E-state index is 12.4. The van der Waals surface area contributed by atoms with Crippen molar-refractivity contribution < 1.29 is 38.2 Å². The van der Waals surface area contributed by atoms with Gasteiger partial charge in [-0.15, -0.1) is 0 Å². The average Bonchev–Trinajstić information content (AvgIpc) is 2.59. The number of rotatable bonds is 3. The van der Waals surface area contributed by atoms with Crippen molar-refractivity contribution in [2.45, 2.75) is 26.4 Å². The summed E-state index contributed by atoms with van der Waals surface area (Å²) in [6.45, 7) is 3.06. The zero-order chi connectivity index (χ0) is 19.7. The summed E-state index contributed by atoms with van der Waals surface area (Å²) in [7, 11) is 1.03. The second-order valence-electron chi connectivity index (χ2n) is 6.04. The Morgan fingerprint density at radius 3 is 2.54 bits per heavy atom. The largest absolute Gasteiger partial charge is 0.461 e. The predicted octanol–water partition coefficient (Wildman–Crippen LogP) is -0.397. The molecule has 1 heterocycles. The van der Waals surface area contributed by atoms with Crippen LogP contribution in [-0.4, -0.2) is 67.7 Å². The monoisotopic (exact) mass is 390 g/mol. The van der Waals surface area contributed by atoms with Crippen LogP contribution in [0.1, 0.15) is 20.3 Å². The molecule has 0 bridgehead atoms. The highest BCUT2D eigenvalue weighted by Crippen LogP contribution is 2.26. The minimum atomic E-state index is -1.28. The summed E-state index contributed by atoms with van der Waals surface area (Å²) in [5.41, 5.74) is -1.13. The number of cyclic esters (lactones) is 1. The van der Waals surface area contributed by atoms with Crippen LogP contribution in [-0.2, 0) is 33.4 Å². The van der Waals surface area contributed by atoms with E-state index in [4.69, 9.17) is 9.47 Å². The average molecular weight is 390 g/mol. The van der Waals surface area contributed by atoms with E-state index >= 15 is 0 Å². The molecule has 0 spiro atoms. The van der Waals surface area contributed by atoms with E-state index in [0.717, 1.165) is 18.9 Å². The predicted molar refractivity (Wildman–Crippen MR) is 90.1 cm³/mol. The Morgan fingerprint density at radius 2 is 1.88 bits per heavy atom. The van der Waals surface area contributed by atoms with Gasteiger partial charge in [0.15, 0.2) is 6.10 Å². The molecule has 0 aromatic carbocycles. The van der Waals surface area contributed by atoms with Gasteiger partial charge in [-0.05, 0) is 11.8 Å². The number of esters is 2. The summed E-state index contributed by atoms with van der Waals surface area (Å²) >= 11 is 0.810. The molecule has 10 nitrogen and oxygen atoms in total. The second-order valence-corrected chi connectivity index (χ2v) is 7.07. The number of methoxy groups -OCH3 is 1. The molecule has 2 N–H and O–H groups in total. The highest BCUT2D eigenvalue weighted by atomic mass is 32.2. The van der Waals surface area contributed by atoms with Crippen molar-refractivity contribution in [2.75, 3.05) is 32.6 Å². The van der Waals surface area contributed by atoms with E-state index in [2.05, 4.69) is 15.4 Å². The van der Waals surface area contributed by atoms with Crippen molar-refractivity contribution in [3.63, 3.8) is 0 Å². The molecule has 1 fully saturated rings. The second kappa shape index (κ2) is 10.00. The SMILES string of the molecule is COC(=O)C(=O)OCC(C)(C)[C@H]1OC(=O)SCCNC(=O)CCNC1=O. The summed E-state index contributed by atoms with van der Waals surface area (Å²) in [4.78, 5) is 58.4. The maximum absolute atomic E-state index is 12.4. The fourth-order valence-electron chi connectivity index (χ4n) is 1.97. The molecule has 1 aliphatic rings. The van der Waals surface area contributed by atoms with E-state index in [1.165, 1.54) is 0 Å². The zero-order valence-electron chi connectivity index (χ0n) is 14.8. The Kier molecular flexibility index (Phi) is 8.36. The lowest BCUT2D eigenvalue weighted by Gasteiger charge is -2.32. The van der Waals surface area contributed by atoms with Crippen LogP contribution in [0, 0.1) is 5.41 Å². The Balaban J connectivity index is 2.84. The molecule has 1 aliphatic heterocycles. The number of thioether (sulfide) groups is 1. The summed E-state index contributed by atoms with van der Waals surface area (Å²) in [6.07, 6.45) is -1.20. The molecule has 2 amide bonds. The van der Waals surface area contributed by atoms with E-state index in [0.29, 0.717) is 0 Å². The third kappa shape index (κ3) is 6.90. The summed E-state index contributed by atoms with van der Waals surface area (Å²) in [5, 5.41) is 4.42. The van der Waals surface area contributed by atoms with Crippen LogP contribution < -0.4 is 10.6 Å². The molecule has 0 radical (unpaired) electrons. The molecule has 0 saturated carbocycles. The minimum absolute atomic E-state index is 0.0594. The summed E-state index contributed by atoms with van der Waals surface area (Å²) in [5.74, 6) is -2.99. The fraction of sp³-hybridized carbons (Fsp3) is 0.667. The van der Waals surface area contributed by atoms with Gasteiger partial charge >= 0.3 is 17.2 Å². The number of carbonyl (C=O) groups is 5. The summed E-state index contributed by atoms with van der Waals surface area (Å²) in [6, 6.07) is 0. The van der Waals surface area contributed by atoms with Gasteiger partial charge in [0.25, 0.3) is 5.91 Å². The lowest BCUT2D eigenvalue weighted by molar-refractivity contribution is -0.169. The van der Waals surface area contributed by atoms with Crippen LogP contribution in [0.4, 0.5) is 4.79 Å². The Morgan fingerprint density at radius 1 is 1.19 bits per heavy atom. The van der Waals surface area contributed by atoms with Gasteiger partial charge < -0.3 is 24.8 Å². The first kappa shape index (κ1) is 21.7. The zero-order valence-corrected chi connectivity index (χ0v) is 15.6. The van der Waals surface area contributed by atoms with Crippen molar-refractivity contribution in [3.05, 3.63) is 0 Å². The first-order valence-corrected chi connectivity index (χ1v) is 8.79. The first-order valence-electron chi connectivity index (χ1n) is 7.80. The van der Waals surface area contributed by atoms with Crippen LogP contribution in [0.2, 0.25) is 0 Å². The molecule has 0 unspecified atom stereocenters. The van der Waals surface area contributed by atoms with Gasteiger partial charge in [0.05, 0.1) is 7.11 Å². The van der Waals surface area contributed by atoms with Crippen LogP contribution in [0.3, 0.4) is 0 Å². The highest BCUT2D eigenvalue weighted by Gasteiger charge is 2.40. The smallest absolute Gasteiger partial charge is 0.417 e.